The Hall–Kier alpha value is -2.43. The quantitative estimate of drug-likeness (QED) is 0.319. The second kappa shape index (κ2) is 11.1. The van der Waals surface area contributed by atoms with Gasteiger partial charge in [-0.25, -0.2) is 9.92 Å². The van der Waals surface area contributed by atoms with E-state index in [4.69, 9.17) is 17.1 Å². The molecule has 0 aromatic heterocycles. The number of hydrogen-bond donors (Lipinski definition) is 4. The molecule has 11 heteroatoms. The number of rotatable bonds is 9. The second-order valence-electron chi connectivity index (χ2n) is 8.89. The molecule has 2 amide bonds. The summed E-state index contributed by atoms with van der Waals surface area (Å²) < 4.78 is 13.6. The van der Waals surface area contributed by atoms with Gasteiger partial charge in [0.05, 0.1) is 17.6 Å². The predicted molar refractivity (Wildman–Crippen MR) is 122 cm³/mol. The SMILES string of the molecule is CC(=O)CNCC(CN1CCC(NC(=O)C(=O)Nc2ccc(Cl)c(F)c2)CC12CCC2)N=N. The highest BCUT2D eigenvalue weighted by Gasteiger charge is 2.47. The van der Waals surface area contributed by atoms with Crippen LogP contribution in [0, 0.1) is 11.3 Å². The molecule has 1 aliphatic carbocycles. The monoisotopic (exact) mass is 480 g/mol. The number of halogens is 2. The Bertz CT molecular complexity index is 910. The summed E-state index contributed by atoms with van der Waals surface area (Å²) in [6, 6.07) is 3.40. The van der Waals surface area contributed by atoms with Crippen LogP contribution in [0.3, 0.4) is 0 Å². The van der Waals surface area contributed by atoms with Gasteiger partial charge in [-0.2, -0.15) is 5.11 Å². The van der Waals surface area contributed by atoms with Crippen LogP contribution in [-0.2, 0) is 14.4 Å². The molecule has 0 radical (unpaired) electrons. The maximum Gasteiger partial charge on any atom is 0.313 e. The molecule has 1 saturated heterocycles. The normalized spacial score (nSPS) is 20.5. The maximum atomic E-state index is 13.6. The van der Waals surface area contributed by atoms with Crippen molar-refractivity contribution in [2.45, 2.75) is 56.7 Å². The number of carbonyl (C=O) groups is 3. The van der Waals surface area contributed by atoms with Gasteiger partial charge in [-0.05, 0) is 57.2 Å². The first-order chi connectivity index (χ1) is 15.7. The first kappa shape index (κ1) is 25.2. The van der Waals surface area contributed by atoms with Crippen LogP contribution < -0.4 is 16.0 Å². The topological polar surface area (TPSA) is 127 Å². The van der Waals surface area contributed by atoms with Crippen molar-refractivity contribution in [3.05, 3.63) is 29.0 Å². The second-order valence-corrected chi connectivity index (χ2v) is 9.29. The summed E-state index contributed by atoms with van der Waals surface area (Å²) in [5, 5.41) is 11.9. The average Bonchev–Trinajstić information content (AvgIpc) is 2.75. The number of hydrogen-bond acceptors (Lipinski definition) is 7. The molecule has 2 atom stereocenters. The Kier molecular flexibility index (Phi) is 8.50. The van der Waals surface area contributed by atoms with E-state index in [-0.39, 0.29) is 40.7 Å². The summed E-state index contributed by atoms with van der Waals surface area (Å²) >= 11 is 5.64. The maximum absolute atomic E-state index is 13.6. The number of nitrogens with zero attached hydrogens (tertiary/aromatic N) is 2. The van der Waals surface area contributed by atoms with Gasteiger partial charge < -0.3 is 16.0 Å². The fraction of sp³-hybridized carbons (Fsp3) is 0.591. The molecule has 4 N–H and O–H groups in total. The van der Waals surface area contributed by atoms with Crippen molar-refractivity contribution in [3.8, 4) is 0 Å². The lowest BCUT2D eigenvalue weighted by molar-refractivity contribution is -0.137. The third-order valence-electron chi connectivity index (χ3n) is 6.42. The first-order valence-corrected chi connectivity index (χ1v) is 11.5. The van der Waals surface area contributed by atoms with E-state index in [0.717, 1.165) is 25.3 Å². The van der Waals surface area contributed by atoms with Crippen LogP contribution in [0.2, 0.25) is 5.02 Å². The molecule has 3 rings (SSSR count). The number of likely N-dealkylation sites (tertiary alicyclic amines) is 1. The zero-order valence-corrected chi connectivity index (χ0v) is 19.4. The lowest BCUT2D eigenvalue weighted by Crippen LogP contribution is -2.63. The van der Waals surface area contributed by atoms with Crippen LogP contribution in [0.1, 0.15) is 39.0 Å². The number of amides is 2. The van der Waals surface area contributed by atoms with Gasteiger partial charge in [-0.3, -0.25) is 19.3 Å². The van der Waals surface area contributed by atoms with Crippen LogP contribution in [0.4, 0.5) is 10.1 Å². The Labute approximate surface area is 197 Å². The highest BCUT2D eigenvalue weighted by atomic mass is 35.5. The minimum atomic E-state index is -0.855. The third-order valence-corrected chi connectivity index (χ3v) is 6.72. The van der Waals surface area contributed by atoms with Crippen LogP contribution in [0.5, 0.6) is 0 Å². The van der Waals surface area contributed by atoms with Crippen molar-refractivity contribution in [1.82, 2.24) is 15.5 Å². The van der Waals surface area contributed by atoms with Gasteiger partial charge in [0.25, 0.3) is 0 Å². The minimum Gasteiger partial charge on any atom is -0.345 e. The molecule has 1 spiro atoms. The van der Waals surface area contributed by atoms with E-state index in [1.165, 1.54) is 19.1 Å². The fourth-order valence-corrected chi connectivity index (χ4v) is 4.70. The Morgan fingerprint density at radius 1 is 1.33 bits per heavy atom. The van der Waals surface area contributed by atoms with Crippen molar-refractivity contribution in [1.29, 1.82) is 5.53 Å². The van der Waals surface area contributed by atoms with Crippen LogP contribution >= 0.6 is 11.6 Å². The molecule has 2 aliphatic rings. The molecule has 2 fully saturated rings. The number of nitrogens with one attached hydrogen (secondary N) is 4. The van der Waals surface area contributed by atoms with Gasteiger partial charge in [0, 0.05) is 36.9 Å². The van der Waals surface area contributed by atoms with E-state index in [2.05, 4.69) is 26.0 Å². The third kappa shape index (κ3) is 6.55. The lowest BCUT2D eigenvalue weighted by Gasteiger charge is -2.55. The van der Waals surface area contributed by atoms with Gasteiger partial charge >= 0.3 is 11.8 Å². The van der Waals surface area contributed by atoms with E-state index < -0.39 is 17.6 Å². The van der Waals surface area contributed by atoms with E-state index in [0.29, 0.717) is 32.5 Å². The lowest BCUT2D eigenvalue weighted by atomic mass is 9.68. The van der Waals surface area contributed by atoms with Gasteiger partial charge in [-0.15, -0.1) is 0 Å². The van der Waals surface area contributed by atoms with Crippen LogP contribution in [0.15, 0.2) is 23.3 Å². The van der Waals surface area contributed by atoms with Gasteiger partial charge in [0.15, 0.2) is 0 Å². The Morgan fingerprint density at radius 2 is 2.09 bits per heavy atom. The van der Waals surface area contributed by atoms with Crippen molar-refractivity contribution in [3.63, 3.8) is 0 Å². The molecule has 1 heterocycles. The largest absolute Gasteiger partial charge is 0.345 e. The Balaban J connectivity index is 1.53. The summed E-state index contributed by atoms with van der Waals surface area (Å²) in [4.78, 5) is 38.2. The summed E-state index contributed by atoms with van der Waals surface area (Å²) in [5.41, 5.74) is 7.59. The Morgan fingerprint density at radius 3 is 2.70 bits per heavy atom. The number of ketones is 1. The summed E-state index contributed by atoms with van der Waals surface area (Å²) in [7, 11) is 0. The smallest absolute Gasteiger partial charge is 0.313 e. The average molecular weight is 481 g/mol. The molecule has 1 aromatic rings. The molecule has 0 bridgehead atoms. The number of piperidine rings is 1. The van der Waals surface area contributed by atoms with Crippen LogP contribution in [0.25, 0.3) is 0 Å². The summed E-state index contributed by atoms with van der Waals surface area (Å²) in [5.74, 6) is -2.25. The highest BCUT2D eigenvalue weighted by molar-refractivity contribution is 6.39. The molecular weight excluding hydrogens is 451 g/mol. The molecule has 33 heavy (non-hydrogen) atoms. The van der Waals surface area contributed by atoms with Crippen molar-refractivity contribution < 1.29 is 18.8 Å². The number of anilines is 1. The molecule has 2 unspecified atom stereocenters. The highest BCUT2D eigenvalue weighted by Crippen LogP contribution is 2.44. The number of Topliss-reactive ketones (excluding diaryl/α,β-unsaturated/α-hetero) is 1. The molecule has 1 saturated carbocycles. The van der Waals surface area contributed by atoms with Crippen LogP contribution in [-0.4, -0.2) is 66.3 Å². The van der Waals surface area contributed by atoms with E-state index >= 15 is 0 Å². The summed E-state index contributed by atoms with van der Waals surface area (Å²) in [6.45, 7) is 3.55. The van der Waals surface area contributed by atoms with E-state index in [1.54, 1.807) is 0 Å². The zero-order valence-electron chi connectivity index (χ0n) is 18.6. The standard InChI is InChI=1S/C22H30ClFN6O3/c1-14(31)11-26-12-17(29-25)13-30-8-5-16(10-22(30)6-2-7-22)28-21(33)20(32)27-15-3-4-18(23)19(24)9-15/h3-4,9,16-17,25-26H,2,5-8,10-13H2,1H3,(H,27,32)(H,28,33). The van der Waals surface area contributed by atoms with Gasteiger partial charge in [0.2, 0.25) is 0 Å². The minimum absolute atomic E-state index is 0.0379. The molecule has 1 aromatic carbocycles. The fourth-order valence-electron chi connectivity index (χ4n) is 4.58. The zero-order chi connectivity index (χ0) is 24.0. The van der Waals surface area contributed by atoms with E-state index in [9.17, 15) is 18.8 Å². The van der Waals surface area contributed by atoms with Crippen molar-refractivity contribution in [2.75, 3.05) is 31.5 Å². The van der Waals surface area contributed by atoms with Gasteiger partial charge in [-0.1, -0.05) is 11.6 Å². The number of benzene rings is 1. The summed E-state index contributed by atoms with van der Waals surface area (Å²) in [6.07, 6.45) is 4.45. The predicted octanol–water partition coefficient (Wildman–Crippen LogP) is 2.50. The van der Waals surface area contributed by atoms with Gasteiger partial charge in [0.1, 0.15) is 11.6 Å². The molecule has 1 aliphatic heterocycles. The van der Waals surface area contributed by atoms with E-state index in [1.807, 2.05) is 0 Å². The van der Waals surface area contributed by atoms with Crippen molar-refractivity contribution in [2.24, 2.45) is 5.11 Å². The first-order valence-electron chi connectivity index (χ1n) is 11.1. The number of carbonyl (C=O) groups excluding carboxylic acids is 3. The molecule has 9 nitrogen and oxygen atoms in total. The molecular formula is C22H30ClFN6O3. The van der Waals surface area contributed by atoms with Crippen molar-refractivity contribution >= 4 is 34.9 Å². The molecule has 180 valence electrons.